The molecule has 0 aliphatic heterocycles. The van der Waals surface area contributed by atoms with E-state index in [9.17, 15) is 4.79 Å². The lowest BCUT2D eigenvalue weighted by Gasteiger charge is -2.10. The second-order valence-electron chi connectivity index (χ2n) is 3.91. The largest absolute Gasteiger partial charge is 0.398 e. The van der Waals surface area contributed by atoms with Crippen LogP contribution in [-0.2, 0) is 0 Å². The second kappa shape index (κ2) is 5.51. The Morgan fingerprint density at radius 1 is 1.56 bits per heavy atom. The molecule has 1 aromatic rings. The third-order valence-corrected chi connectivity index (χ3v) is 2.47. The zero-order valence-electron chi connectivity index (χ0n) is 9.66. The highest BCUT2D eigenvalue weighted by atomic mass is 16.3. The molecule has 16 heavy (non-hydrogen) atoms. The number of carbonyl (C=O) groups excluding carboxylic acids is 1. The average Bonchev–Trinajstić information content (AvgIpc) is 2.21. The van der Waals surface area contributed by atoms with Gasteiger partial charge in [-0.25, -0.2) is 0 Å². The Labute approximate surface area is 95.5 Å². The van der Waals surface area contributed by atoms with Crippen LogP contribution in [-0.4, -0.2) is 23.7 Å². The van der Waals surface area contributed by atoms with Crippen LogP contribution in [0.3, 0.4) is 0 Å². The van der Waals surface area contributed by atoms with E-state index in [1.54, 1.807) is 25.1 Å². The predicted molar refractivity (Wildman–Crippen MR) is 64.2 cm³/mol. The van der Waals surface area contributed by atoms with Crippen LogP contribution < -0.4 is 11.1 Å². The van der Waals surface area contributed by atoms with Gasteiger partial charge >= 0.3 is 0 Å². The van der Waals surface area contributed by atoms with Gasteiger partial charge in [0.15, 0.2) is 0 Å². The molecule has 88 valence electrons. The Bertz CT molecular complexity index is 375. The number of carbonyl (C=O) groups is 1. The van der Waals surface area contributed by atoms with Crippen molar-refractivity contribution in [2.45, 2.75) is 26.4 Å². The van der Waals surface area contributed by atoms with Crippen LogP contribution >= 0.6 is 0 Å². The van der Waals surface area contributed by atoms with E-state index in [1.165, 1.54) is 0 Å². The molecule has 0 aromatic heterocycles. The summed E-state index contributed by atoms with van der Waals surface area (Å²) in [5, 5.41) is 11.8. The van der Waals surface area contributed by atoms with E-state index in [0.29, 0.717) is 24.2 Å². The number of hydrogen-bond acceptors (Lipinski definition) is 3. The summed E-state index contributed by atoms with van der Waals surface area (Å²) in [5.74, 6) is -0.148. The predicted octanol–water partition coefficient (Wildman–Crippen LogP) is 1.08. The lowest BCUT2D eigenvalue weighted by atomic mass is 10.1. The number of anilines is 1. The maximum atomic E-state index is 11.8. The number of nitrogens with one attached hydrogen (secondary N) is 1. The molecule has 1 aromatic carbocycles. The fourth-order valence-electron chi connectivity index (χ4n) is 1.39. The van der Waals surface area contributed by atoms with Crippen molar-refractivity contribution < 1.29 is 9.90 Å². The Kier molecular flexibility index (Phi) is 4.31. The molecule has 1 rings (SSSR count). The molecule has 0 aliphatic rings. The molecule has 4 nitrogen and oxygen atoms in total. The third kappa shape index (κ3) is 3.24. The van der Waals surface area contributed by atoms with Crippen LogP contribution in [0.1, 0.15) is 29.3 Å². The molecule has 0 spiro atoms. The summed E-state index contributed by atoms with van der Waals surface area (Å²) >= 11 is 0. The van der Waals surface area contributed by atoms with Crippen molar-refractivity contribution in [3.63, 3.8) is 0 Å². The minimum absolute atomic E-state index is 0.148. The van der Waals surface area contributed by atoms with Gasteiger partial charge in [-0.1, -0.05) is 6.07 Å². The van der Waals surface area contributed by atoms with Gasteiger partial charge in [0.1, 0.15) is 0 Å². The van der Waals surface area contributed by atoms with Crippen LogP contribution in [0.5, 0.6) is 0 Å². The summed E-state index contributed by atoms with van der Waals surface area (Å²) in [6, 6.07) is 5.26. The molecule has 1 atom stereocenters. The van der Waals surface area contributed by atoms with Crippen molar-refractivity contribution in [3.05, 3.63) is 29.3 Å². The maximum absolute atomic E-state index is 11.8. The molecule has 0 radical (unpaired) electrons. The molecule has 0 saturated heterocycles. The molecule has 0 fully saturated rings. The summed E-state index contributed by atoms with van der Waals surface area (Å²) in [4.78, 5) is 11.8. The van der Waals surface area contributed by atoms with Crippen molar-refractivity contribution >= 4 is 11.6 Å². The smallest absolute Gasteiger partial charge is 0.251 e. The molecule has 0 heterocycles. The molecule has 0 bridgehead atoms. The van der Waals surface area contributed by atoms with Gasteiger partial charge in [0.25, 0.3) is 5.91 Å². The van der Waals surface area contributed by atoms with Crippen LogP contribution in [0.4, 0.5) is 5.69 Å². The van der Waals surface area contributed by atoms with Crippen molar-refractivity contribution in [1.82, 2.24) is 5.32 Å². The summed E-state index contributed by atoms with van der Waals surface area (Å²) in [5.41, 5.74) is 7.71. The minimum atomic E-state index is -0.401. The fourth-order valence-corrected chi connectivity index (χ4v) is 1.39. The number of rotatable bonds is 4. The van der Waals surface area contributed by atoms with E-state index in [4.69, 9.17) is 10.8 Å². The van der Waals surface area contributed by atoms with Gasteiger partial charge in [-0.05, 0) is 38.0 Å². The second-order valence-corrected chi connectivity index (χ2v) is 3.91. The lowest BCUT2D eigenvalue weighted by molar-refractivity contribution is 0.0945. The van der Waals surface area contributed by atoms with E-state index in [2.05, 4.69) is 5.32 Å². The number of hydrogen-bond donors (Lipinski definition) is 3. The highest BCUT2D eigenvalue weighted by Gasteiger charge is 2.09. The normalized spacial score (nSPS) is 12.2. The first-order chi connectivity index (χ1) is 7.52. The molecular weight excluding hydrogens is 204 g/mol. The number of nitrogen functional groups attached to an aromatic ring is 1. The molecule has 0 aliphatic carbocycles. The van der Waals surface area contributed by atoms with Gasteiger partial charge in [0.05, 0.1) is 6.10 Å². The van der Waals surface area contributed by atoms with Crippen molar-refractivity contribution in [3.8, 4) is 0 Å². The Hall–Kier alpha value is -1.55. The van der Waals surface area contributed by atoms with Gasteiger partial charge in [-0.3, -0.25) is 4.79 Å². The Balaban J connectivity index is 2.63. The van der Waals surface area contributed by atoms with E-state index in [1.807, 2.05) is 6.92 Å². The lowest BCUT2D eigenvalue weighted by Crippen LogP contribution is -2.27. The number of amides is 1. The first kappa shape index (κ1) is 12.5. The minimum Gasteiger partial charge on any atom is -0.398 e. The molecule has 0 saturated carbocycles. The quantitative estimate of drug-likeness (QED) is 0.667. The molecular formula is C12H18N2O2. The summed E-state index contributed by atoms with van der Waals surface area (Å²) in [7, 11) is 0. The zero-order valence-corrected chi connectivity index (χ0v) is 9.66. The first-order valence-corrected chi connectivity index (χ1v) is 5.33. The van der Waals surface area contributed by atoms with Gasteiger partial charge in [0.2, 0.25) is 0 Å². The number of benzene rings is 1. The number of aliphatic hydroxyl groups excluding tert-OH is 1. The van der Waals surface area contributed by atoms with E-state index in [-0.39, 0.29) is 5.91 Å². The van der Waals surface area contributed by atoms with Gasteiger partial charge in [-0.2, -0.15) is 0 Å². The highest BCUT2D eigenvalue weighted by Crippen LogP contribution is 2.15. The first-order valence-electron chi connectivity index (χ1n) is 5.33. The summed E-state index contributed by atoms with van der Waals surface area (Å²) in [6.07, 6.45) is 0.148. The number of nitrogens with two attached hydrogens (primary N) is 1. The van der Waals surface area contributed by atoms with E-state index in [0.717, 1.165) is 5.56 Å². The van der Waals surface area contributed by atoms with E-state index < -0.39 is 6.10 Å². The van der Waals surface area contributed by atoms with Crippen LogP contribution in [0.15, 0.2) is 18.2 Å². The topological polar surface area (TPSA) is 75.4 Å². The summed E-state index contributed by atoms with van der Waals surface area (Å²) in [6.45, 7) is 3.97. The third-order valence-electron chi connectivity index (χ3n) is 2.47. The van der Waals surface area contributed by atoms with Crippen LogP contribution in [0, 0.1) is 6.92 Å². The maximum Gasteiger partial charge on any atom is 0.251 e. The van der Waals surface area contributed by atoms with Crippen LogP contribution in [0.25, 0.3) is 0 Å². The van der Waals surface area contributed by atoms with Crippen molar-refractivity contribution in [2.75, 3.05) is 12.3 Å². The monoisotopic (exact) mass is 222 g/mol. The van der Waals surface area contributed by atoms with Crippen molar-refractivity contribution in [2.24, 2.45) is 0 Å². The van der Waals surface area contributed by atoms with E-state index >= 15 is 0 Å². The average molecular weight is 222 g/mol. The van der Waals surface area contributed by atoms with Gasteiger partial charge in [-0.15, -0.1) is 0 Å². The fraction of sp³-hybridized carbons (Fsp3) is 0.417. The SMILES string of the molecule is Cc1c(N)cccc1C(=O)NCCC(C)O. The zero-order chi connectivity index (χ0) is 12.1. The summed E-state index contributed by atoms with van der Waals surface area (Å²) < 4.78 is 0. The molecule has 4 N–H and O–H groups in total. The number of aliphatic hydroxyl groups is 1. The Morgan fingerprint density at radius 3 is 2.88 bits per heavy atom. The highest BCUT2D eigenvalue weighted by molar-refractivity contribution is 5.96. The van der Waals surface area contributed by atoms with Crippen molar-refractivity contribution in [1.29, 1.82) is 0 Å². The molecule has 4 heteroatoms. The standard InChI is InChI=1S/C12H18N2O2/c1-8(15)6-7-14-12(16)10-4-3-5-11(13)9(10)2/h3-5,8,15H,6-7,13H2,1-2H3,(H,14,16). The van der Waals surface area contributed by atoms with Crippen LogP contribution in [0.2, 0.25) is 0 Å². The molecule has 1 unspecified atom stereocenters. The molecule has 1 amide bonds. The van der Waals surface area contributed by atoms with Gasteiger partial charge in [0, 0.05) is 17.8 Å². The van der Waals surface area contributed by atoms with Gasteiger partial charge < -0.3 is 16.2 Å². The Morgan fingerprint density at radius 2 is 2.25 bits per heavy atom.